The van der Waals surface area contributed by atoms with Crippen LogP contribution in [-0.4, -0.2) is 19.3 Å². The molecule has 1 aliphatic heterocycles. The van der Waals surface area contributed by atoms with Crippen LogP contribution in [0.25, 0.3) is 0 Å². The number of piperidine rings is 1. The number of nitrogens with one attached hydrogen (secondary N) is 2. The largest absolute Gasteiger partial charge is 0.412 e. The summed E-state index contributed by atoms with van der Waals surface area (Å²) >= 11 is 5.79. The van der Waals surface area contributed by atoms with Crippen molar-refractivity contribution in [3.05, 3.63) is 64.7 Å². The molecule has 1 unspecified atom stereocenters. The zero-order chi connectivity index (χ0) is 19.3. The van der Waals surface area contributed by atoms with Crippen LogP contribution in [-0.2, 0) is 6.42 Å². The lowest BCUT2D eigenvalue weighted by atomic mass is 9.93. The highest BCUT2D eigenvalue weighted by atomic mass is 35.5. The van der Waals surface area contributed by atoms with Crippen LogP contribution >= 0.6 is 11.6 Å². The average Bonchev–Trinajstić information content (AvgIpc) is 2.66. The summed E-state index contributed by atoms with van der Waals surface area (Å²) in [5, 5.41) is 6.43. The first kappa shape index (κ1) is 20.0. The number of benzene rings is 2. The fraction of sp³-hybridized carbons (Fsp3) is 0.429. The summed E-state index contributed by atoms with van der Waals surface area (Å²) in [4.78, 5) is 0. The van der Waals surface area contributed by atoms with Crippen molar-refractivity contribution in [2.45, 2.75) is 37.9 Å². The smallest absolute Gasteiger partial charge is 0.370 e. The molecule has 27 heavy (non-hydrogen) atoms. The molecule has 2 aromatic rings. The highest BCUT2D eigenvalue weighted by molar-refractivity contribution is 6.30. The molecule has 6 heteroatoms. The molecule has 3 rings (SSSR count). The molecule has 0 bridgehead atoms. The van der Waals surface area contributed by atoms with E-state index in [9.17, 15) is 13.2 Å². The molecule has 0 amide bonds. The summed E-state index contributed by atoms with van der Waals surface area (Å²) in [6.07, 6.45) is 0.126. The molecule has 1 aliphatic rings. The summed E-state index contributed by atoms with van der Waals surface area (Å²) in [5.74, 6) is 0.691. The molecular weight excluding hydrogens is 373 g/mol. The van der Waals surface area contributed by atoms with Crippen LogP contribution in [0.4, 0.5) is 18.9 Å². The summed E-state index contributed by atoms with van der Waals surface area (Å²) in [7, 11) is 0. The minimum absolute atomic E-state index is 0.140. The number of hydrogen-bond acceptors (Lipinski definition) is 2. The molecule has 0 aromatic heterocycles. The molecule has 0 saturated carbocycles. The molecule has 1 fully saturated rings. The predicted molar refractivity (Wildman–Crippen MR) is 104 cm³/mol. The van der Waals surface area contributed by atoms with E-state index >= 15 is 0 Å². The number of rotatable bonds is 6. The molecule has 146 valence electrons. The van der Waals surface area contributed by atoms with E-state index in [2.05, 4.69) is 10.6 Å². The summed E-state index contributed by atoms with van der Waals surface area (Å²) in [6, 6.07) is 11.3. The molecule has 1 heterocycles. The van der Waals surface area contributed by atoms with Gasteiger partial charge in [-0.1, -0.05) is 35.9 Å². The van der Waals surface area contributed by atoms with Gasteiger partial charge in [-0.3, -0.25) is 0 Å². The van der Waals surface area contributed by atoms with Gasteiger partial charge in [-0.05, 0) is 80.1 Å². The van der Waals surface area contributed by atoms with Gasteiger partial charge < -0.3 is 10.6 Å². The molecule has 2 atom stereocenters. The summed E-state index contributed by atoms with van der Waals surface area (Å²) < 4.78 is 40.5. The summed E-state index contributed by atoms with van der Waals surface area (Å²) in [6.45, 7) is 2.17. The van der Waals surface area contributed by atoms with Crippen molar-refractivity contribution in [1.29, 1.82) is 0 Å². The Morgan fingerprint density at radius 3 is 2.37 bits per heavy atom. The van der Waals surface area contributed by atoms with Gasteiger partial charge in [0, 0.05) is 10.7 Å². The van der Waals surface area contributed by atoms with Gasteiger partial charge in [-0.15, -0.1) is 0 Å². The number of anilines is 1. The lowest BCUT2D eigenvalue weighted by molar-refractivity contribution is -0.144. The highest BCUT2D eigenvalue weighted by Gasteiger charge is 2.40. The number of alkyl halides is 3. The Balaban J connectivity index is 1.63. The van der Waals surface area contributed by atoms with Gasteiger partial charge in [0.2, 0.25) is 0 Å². The van der Waals surface area contributed by atoms with Crippen molar-refractivity contribution in [3.8, 4) is 0 Å². The third kappa shape index (κ3) is 5.88. The Hall–Kier alpha value is -1.72. The lowest BCUT2D eigenvalue weighted by Crippen LogP contribution is -2.29. The lowest BCUT2D eigenvalue weighted by Gasteiger charge is -2.24. The first-order valence-corrected chi connectivity index (χ1v) is 9.68. The van der Waals surface area contributed by atoms with E-state index in [0.29, 0.717) is 16.6 Å². The Morgan fingerprint density at radius 1 is 1.07 bits per heavy atom. The van der Waals surface area contributed by atoms with Gasteiger partial charge in [0.1, 0.15) is 6.04 Å². The molecule has 0 spiro atoms. The second-order valence-electron chi connectivity index (χ2n) is 7.12. The van der Waals surface area contributed by atoms with Crippen LogP contribution in [0.5, 0.6) is 0 Å². The molecule has 0 radical (unpaired) electrons. The zero-order valence-corrected chi connectivity index (χ0v) is 15.8. The van der Waals surface area contributed by atoms with Gasteiger partial charge >= 0.3 is 6.18 Å². The Bertz CT molecular complexity index is 708. The maximum absolute atomic E-state index is 13.5. The molecule has 2 aromatic carbocycles. The van der Waals surface area contributed by atoms with E-state index in [1.54, 1.807) is 12.1 Å². The van der Waals surface area contributed by atoms with E-state index < -0.39 is 12.2 Å². The topological polar surface area (TPSA) is 24.1 Å². The molecule has 0 aliphatic carbocycles. The molecule has 1 saturated heterocycles. The SMILES string of the molecule is FC(F)(F)[C@H](Nc1ccc(CCC2CCCNC2)cc1)c1ccc(Cl)cc1. The van der Waals surface area contributed by atoms with Gasteiger partial charge in [-0.2, -0.15) is 13.2 Å². The third-order valence-electron chi connectivity index (χ3n) is 5.04. The van der Waals surface area contributed by atoms with Crippen molar-refractivity contribution in [1.82, 2.24) is 5.32 Å². The second-order valence-corrected chi connectivity index (χ2v) is 7.55. The molecule has 2 N–H and O–H groups in total. The normalized spacial score (nSPS) is 18.9. The number of aryl methyl sites for hydroxylation is 1. The zero-order valence-electron chi connectivity index (χ0n) is 15.0. The van der Waals surface area contributed by atoms with Gasteiger partial charge in [-0.25, -0.2) is 0 Å². The Kier molecular flexibility index (Phi) is 6.66. The van der Waals surface area contributed by atoms with Crippen LogP contribution < -0.4 is 10.6 Å². The molecule has 2 nitrogen and oxygen atoms in total. The van der Waals surface area contributed by atoms with Crippen LogP contribution in [0.15, 0.2) is 48.5 Å². The van der Waals surface area contributed by atoms with E-state index in [0.717, 1.165) is 31.5 Å². The quantitative estimate of drug-likeness (QED) is 0.626. The maximum Gasteiger partial charge on any atom is 0.412 e. The van der Waals surface area contributed by atoms with Crippen molar-refractivity contribution in [3.63, 3.8) is 0 Å². The average molecular weight is 397 g/mol. The first-order chi connectivity index (χ1) is 12.9. The van der Waals surface area contributed by atoms with Gasteiger partial charge in [0.25, 0.3) is 0 Å². The van der Waals surface area contributed by atoms with E-state index in [1.807, 2.05) is 12.1 Å². The monoisotopic (exact) mass is 396 g/mol. The second kappa shape index (κ2) is 8.98. The maximum atomic E-state index is 13.5. The van der Waals surface area contributed by atoms with Gasteiger partial charge in [0.05, 0.1) is 0 Å². The van der Waals surface area contributed by atoms with Crippen LogP contribution in [0.1, 0.15) is 36.4 Å². The fourth-order valence-corrected chi connectivity index (χ4v) is 3.61. The standard InChI is InChI=1S/C21H24ClF3N2/c22-18-9-7-17(8-10-18)20(21(23,24)25)27-19-11-5-15(6-12-19)3-4-16-2-1-13-26-14-16/h5-12,16,20,26-27H,1-4,13-14H2/t16?,20-/m1/s1. The van der Waals surface area contributed by atoms with Crippen molar-refractivity contribution < 1.29 is 13.2 Å². The van der Waals surface area contributed by atoms with E-state index in [-0.39, 0.29) is 5.56 Å². The predicted octanol–water partition coefficient (Wildman–Crippen LogP) is 5.99. The molecular formula is C21H24ClF3N2. The minimum Gasteiger partial charge on any atom is -0.370 e. The Labute approximate surface area is 163 Å². The Morgan fingerprint density at radius 2 is 1.78 bits per heavy atom. The minimum atomic E-state index is -4.40. The van der Waals surface area contributed by atoms with Crippen molar-refractivity contribution in [2.24, 2.45) is 5.92 Å². The highest BCUT2D eigenvalue weighted by Crippen LogP contribution is 2.36. The fourth-order valence-electron chi connectivity index (χ4n) is 3.48. The number of hydrogen-bond donors (Lipinski definition) is 2. The van der Waals surface area contributed by atoms with Crippen LogP contribution in [0, 0.1) is 5.92 Å². The summed E-state index contributed by atoms with van der Waals surface area (Å²) in [5.41, 5.74) is 1.75. The first-order valence-electron chi connectivity index (χ1n) is 9.30. The van der Waals surface area contributed by atoms with E-state index in [4.69, 9.17) is 11.6 Å². The van der Waals surface area contributed by atoms with Crippen LogP contribution in [0.2, 0.25) is 5.02 Å². The van der Waals surface area contributed by atoms with Gasteiger partial charge in [0.15, 0.2) is 0 Å². The van der Waals surface area contributed by atoms with Crippen LogP contribution in [0.3, 0.4) is 0 Å². The van der Waals surface area contributed by atoms with E-state index in [1.165, 1.54) is 37.1 Å². The third-order valence-corrected chi connectivity index (χ3v) is 5.29. The van der Waals surface area contributed by atoms with Crippen molar-refractivity contribution >= 4 is 17.3 Å². The van der Waals surface area contributed by atoms with Crippen molar-refractivity contribution in [2.75, 3.05) is 18.4 Å². The number of halogens is 4.